The molecule has 0 radical (unpaired) electrons. The number of amides is 2. The molecule has 0 aliphatic carbocycles. The van der Waals surface area contributed by atoms with Gasteiger partial charge in [0.1, 0.15) is 18.2 Å². The van der Waals surface area contributed by atoms with Gasteiger partial charge in [-0.05, 0) is 46.2 Å². The summed E-state index contributed by atoms with van der Waals surface area (Å²) in [7, 11) is 0. The lowest BCUT2D eigenvalue weighted by Crippen LogP contribution is -2.38. The molecule has 1 aromatic carbocycles. The van der Waals surface area contributed by atoms with Crippen molar-refractivity contribution in [2.45, 2.75) is 64.5 Å². The number of imide groups is 1. The topological polar surface area (TPSA) is 102 Å². The van der Waals surface area contributed by atoms with Gasteiger partial charge in [0.25, 0.3) is 11.8 Å². The van der Waals surface area contributed by atoms with E-state index in [2.05, 4.69) is 12.2 Å². The van der Waals surface area contributed by atoms with Crippen LogP contribution in [0.25, 0.3) is 0 Å². The number of hydrogen-bond donors (Lipinski definition) is 1. The van der Waals surface area contributed by atoms with Crippen LogP contribution in [0.2, 0.25) is 0 Å². The van der Waals surface area contributed by atoms with Gasteiger partial charge < -0.3 is 9.47 Å². The normalized spacial score (nSPS) is 19.8. The highest BCUT2D eigenvalue weighted by Gasteiger charge is 2.37. The molecule has 176 valence electrons. The smallest absolute Gasteiger partial charge is 0.326 e. The van der Waals surface area contributed by atoms with E-state index in [1.165, 1.54) is 0 Å². The van der Waals surface area contributed by atoms with Crippen molar-refractivity contribution in [3.63, 3.8) is 0 Å². The Morgan fingerprint density at radius 1 is 1.12 bits per heavy atom. The van der Waals surface area contributed by atoms with E-state index in [4.69, 9.17) is 9.47 Å². The van der Waals surface area contributed by atoms with Crippen LogP contribution < -0.4 is 5.32 Å². The van der Waals surface area contributed by atoms with E-state index < -0.39 is 23.4 Å². The van der Waals surface area contributed by atoms with Crippen molar-refractivity contribution in [1.82, 2.24) is 10.2 Å². The number of carbonyl (C=O) groups excluding carboxylic acids is 4. The van der Waals surface area contributed by atoms with Gasteiger partial charge in [0, 0.05) is 5.75 Å². The maximum atomic E-state index is 12.0. The molecule has 1 unspecified atom stereocenters. The zero-order valence-electron chi connectivity index (χ0n) is 19.3. The summed E-state index contributed by atoms with van der Waals surface area (Å²) in [5.41, 5.74) is 0.0163. The van der Waals surface area contributed by atoms with E-state index in [0.29, 0.717) is 23.1 Å². The molecule has 8 nitrogen and oxygen atoms in total. The second kappa shape index (κ2) is 11.5. The standard InChI is InChI=1S/C14H15NO4.C9H17NO2S/c1-14(2,3)19-11(16)8-15-12(17)9-6-4-5-7-10(9)13(15)18;1-3-5-8-10-7(6-13-8)9(11)12-4-2/h4-7H,8H2,1-3H3;7-8,10H,3-6H2,1-2H3/t;7-,8?/m.0/s1. The molecule has 2 aliphatic rings. The molecule has 1 N–H and O–H groups in total. The summed E-state index contributed by atoms with van der Waals surface area (Å²) in [5.74, 6) is -0.753. The van der Waals surface area contributed by atoms with E-state index in [1.54, 1.807) is 45.0 Å². The largest absolute Gasteiger partial charge is 0.465 e. The number of esters is 2. The third-order valence-corrected chi connectivity index (χ3v) is 5.86. The predicted molar refractivity (Wildman–Crippen MR) is 122 cm³/mol. The number of hydrogen-bond acceptors (Lipinski definition) is 8. The number of nitrogens with zero attached hydrogens (tertiary/aromatic N) is 1. The first kappa shape index (κ1) is 25.9. The third kappa shape index (κ3) is 7.06. The highest BCUT2D eigenvalue weighted by molar-refractivity contribution is 8.00. The summed E-state index contributed by atoms with van der Waals surface area (Å²) in [6, 6.07) is 6.43. The Labute approximate surface area is 193 Å². The van der Waals surface area contributed by atoms with E-state index >= 15 is 0 Å². The van der Waals surface area contributed by atoms with Gasteiger partial charge in [-0.1, -0.05) is 25.5 Å². The molecule has 1 saturated heterocycles. The number of rotatable bonds is 6. The van der Waals surface area contributed by atoms with Gasteiger partial charge in [-0.3, -0.25) is 29.4 Å². The van der Waals surface area contributed by atoms with Crippen molar-refractivity contribution in [2.24, 2.45) is 0 Å². The fourth-order valence-corrected chi connectivity index (χ4v) is 4.55. The van der Waals surface area contributed by atoms with Gasteiger partial charge in [-0.2, -0.15) is 0 Å². The van der Waals surface area contributed by atoms with Crippen molar-refractivity contribution in [1.29, 1.82) is 0 Å². The van der Waals surface area contributed by atoms with Crippen LogP contribution in [0.4, 0.5) is 0 Å². The van der Waals surface area contributed by atoms with Crippen LogP contribution in [-0.4, -0.2) is 64.6 Å². The van der Waals surface area contributed by atoms with Gasteiger partial charge in [0.05, 0.1) is 23.1 Å². The van der Waals surface area contributed by atoms with Gasteiger partial charge in [-0.25, -0.2) is 0 Å². The van der Waals surface area contributed by atoms with Crippen LogP contribution in [0, 0.1) is 0 Å². The van der Waals surface area contributed by atoms with Gasteiger partial charge in [0.15, 0.2) is 0 Å². The van der Waals surface area contributed by atoms with Crippen molar-refractivity contribution in [2.75, 3.05) is 18.9 Å². The number of benzene rings is 1. The summed E-state index contributed by atoms with van der Waals surface area (Å²) in [6.07, 6.45) is 2.28. The molecule has 2 amide bonds. The van der Waals surface area contributed by atoms with E-state index in [0.717, 1.165) is 23.5 Å². The van der Waals surface area contributed by atoms with Gasteiger partial charge >= 0.3 is 11.9 Å². The second-order valence-electron chi connectivity index (χ2n) is 8.41. The highest BCUT2D eigenvalue weighted by atomic mass is 32.2. The predicted octanol–water partition coefficient (Wildman–Crippen LogP) is 3.01. The molecule has 2 aliphatic heterocycles. The quantitative estimate of drug-likeness (QED) is 0.506. The second-order valence-corrected chi connectivity index (χ2v) is 9.65. The van der Waals surface area contributed by atoms with E-state index in [9.17, 15) is 19.2 Å². The van der Waals surface area contributed by atoms with Crippen molar-refractivity contribution in [3.05, 3.63) is 35.4 Å². The number of fused-ring (bicyclic) bond motifs is 1. The molecule has 0 spiro atoms. The van der Waals surface area contributed by atoms with Crippen LogP contribution in [0.3, 0.4) is 0 Å². The van der Waals surface area contributed by atoms with Crippen LogP contribution in [-0.2, 0) is 19.1 Å². The number of nitrogens with one attached hydrogen (secondary N) is 1. The van der Waals surface area contributed by atoms with Crippen molar-refractivity contribution in [3.8, 4) is 0 Å². The molecule has 9 heteroatoms. The summed E-state index contributed by atoms with van der Waals surface area (Å²) in [4.78, 5) is 47.9. The number of thioether (sulfide) groups is 1. The van der Waals surface area contributed by atoms with E-state index in [1.807, 2.05) is 18.7 Å². The molecule has 32 heavy (non-hydrogen) atoms. The zero-order valence-corrected chi connectivity index (χ0v) is 20.1. The maximum Gasteiger partial charge on any atom is 0.326 e. The first-order valence-corrected chi connectivity index (χ1v) is 11.8. The Morgan fingerprint density at radius 3 is 2.22 bits per heavy atom. The lowest BCUT2D eigenvalue weighted by molar-refractivity contribution is -0.155. The maximum absolute atomic E-state index is 12.0. The Kier molecular flexibility index (Phi) is 9.27. The molecule has 1 fully saturated rings. The number of ether oxygens (including phenoxy) is 2. The van der Waals surface area contributed by atoms with Crippen LogP contribution >= 0.6 is 11.8 Å². The fourth-order valence-electron chi connectivity index (χ4n) is 3.23. The van der Waals surface area contributed by atoms with Gasteiger partial charge in [0.2, 0.25) is 0 Å². The first-order chi connectivity index (χ1) is 15.1. The molecule has 0 bridgehead atoms. The summed E-state index contributed by atoms with van der Waals surface area (Å²) in [5, 5.41) is 3.71. The summed E-state index contributed by atoms with van der Waals surface area (Å²) < 4.78 is 10.0. The Hall–Kier alpha value is -2.39. The summed E-state index contributed by atoms with van der Waals surface area (Å²) >= 11 is 1.82. The fraction of sp³-hybridized carbons (Fsp3) is 0.565. The highest BCUT2D eigenvalue weighted by Crippen LogP contribution is 2.23. The lowest BCUT2D eigenvalue weighted by atomic mass is 10.1. The third-order valence-electron chi connectivity index (χ3n) is 4.56. The minimum Gasteiger partial charge on any atom is -0.465 e. The van der Waals surface area contributed by atoms with Crippen LogP contribution in [0.1, 0.15) is 68.2 Å². The Morgan fingerprint density at radius 2 is 1.72 bits per heavy atom. The monoisotopic (exact) mass is 464 g/mol. The molecule has 0 saturated carbocycles. The molecule has 2 atom stereocenters. The SMILES string of the molecule is CC(C)(C)OC(=O)CN1C(=O)c2ccccc2C1=O.CCCC1N[C@H](C(=O)OCC)CS1. The molecule has 3 rings (SSSR count). The average molecular weight is 465 g/mol. The molecule has 0 aromatic heterocycles. The summed E-state index contributed by atoms with van der Waals surface area (Å²) in [6.45, 7) is 9.29. The van der Waals surface area contributed by atoms with Crippen LogP contribution in [0.5, 0.6) is 0 Å². The zero-order chi connectivity index (χ0) is 23.9. The minimum atomic E-state index is -0.643. The Bertz CT molecular complexity index is 816. The minimum absolute atomic E-state index is 0.0819. The Balaban J connectivity index is 0.000000244. The van der Waals surface area contributed by atoms with Crippen LogP contribution in [0.15, 0.2) is 24.3 Å². The van der Waals surface area contributed by atoms with Crippen molar-refractivity contribution < 1.29 is 28.7 Å². The first-order valence-electron chi connectivity index (χ1n) is 10.8. The van der Waals surface area contributed by atoms with Crippen molar-refractivity contribution >= 4 is 35.5 Å². The molecule has 1 aromatic rings. The molecular formula is C23H32N2O6S. The lowest BCUT2D eigenvalue weighted by Gasteiger charge is -2.21. The average Bonchev–Trinajstić information content (AvgIpc) is 3.27. The molecular weight excluding hydrogens is 432 g/mol. The number of carbonyl (C=O) groups is 4. The molecule has 2 heterocycles. The van der Waals surface area contributed by atoms with E-state index in [-0.39, 0.29) is 18.6 Å². The van der Waals surface area contributed by atoms with Gasteiger partial charge in [-0.15, -0.1) is 11.8 Å².